The first-order valence-electron chi connectivity index (χ1n) is 5.98. The van der Waals surface area contributed by atoms with E-state index in [9.17, 15) is 9.59 Å². The van der Waals surface area contributed by atoms with Gasteiger partial charge in [0.25, 0.3) is 5.91 Å². The molecule has 2 aromatic rings. The highest BCUT2D eigenvalue weighted by molar-refractivity contribution is 14.1. The molecular formula is C13H13IN4O2S. The maximum absolute atomic E-state index is 12.3. The summed E-state index contributed by atoms with van der Waals surface area (Å²) in [6.07, 6.45) is 0. The molecule has 8 heteroatoms. The van der Waals surface area contributed by atoms with Crippen LogP contribution in [0.2, 0.25) is 0 Å². The summed E-state index contributed by atoms with van der Waals surface area (Å²) in [6.45, 7) is 3.17. The molecule has 2 amide bonds. The van der Waals surface area contributed by atoms with Crippen molar-refractivity contribution in [3.05, 3.63) is 33.0 Å². The Morgan fingerprint density at radius 2 is 2.05 bits per heavy atom. The summed E-state index contributed by atoms with van der Waals surface area (Å²) in [5.41, 5.74) is 7.24. The molecule has 0 unspecified atom stereocenters. The van der Waals surface area contributed by atoms with Crippen LogP contribution in [0.15, 0.2) is 18.2 Å². The molecule has 6 nitrogen and oxygen atoms in total. The van der Waals surface area contributed by atoms with Crippen LogP contribution in [0.4, 0.5) is 15.8 Å². The van der Waals surface area contributed by atoms with Gasteiger partial charge in [0.1, 0.15) is 5.00 Å². The largest absolute Gasteiger partial charge is 0.389 e. The number of amides is 2. The van der Waals surface area contributed by atoms with Gasteiger partial charge in [0.05, 0.1) is 16.9 Å². The molecule has 0 aliphatic rings. The number of carbonyl (C=O) groups excluding carboxylic acids is 2. The zero-order valence-electron chi connectivity index (χ0n) is 11.4. The second-order valence-corrected chi connectivity index (χ2v) is 6.57. The molecule has 0 saturated carbocycles. The van der Waals surface area contributed by atoms with Gasteiger partial charge < -0.3 is 11.1 Å². The predicted octanol–water partition coefficient (Wildman–Crippen LogP) is 2.85. The first-order chi connectivity index (χ1) is 9.86. The SMILES string of the molecule is CC(=O)Nc1cc(I)ccc1C(=O)Nc1nc(C)c(N)s1. The predicted molar refractivity (Wildman–Crippen MR) is 92.7 cm³/mol. The van der Waals surface area contributed by atoms with Gasteiger partial charge in [-0.2, -0.15) is 0 Å². The zero-order valence-corrected chi connectivity index (χ0v) is 14.3. The van der Waals surface area contributed by atoms with Crippen molar-refractivity contribution in [3.8, 4) is 0 Å². The highest BCUT2D eigenvalue weighted by atomic mass is 127. The second-order valence-electron chi connectivity index (χ2n) is 4.29. The van der Waals surface area contributed by atoms with E-state index >= 15 is 0 Å². The Balaban J connectivity index is 2.27. The van der Waals surface area contributed by atoms with E-state index in [1.807, 2.05) is 0 Å². The van der Waals surface area contributed by atoms with Crippen molar-refractivity contribution in [1.29, 1.82) is 0 Å². The second kappa shape index (κ2) is 6.39. The maximum atomic E-state index is 12.3. The van der Waals surface area contributed by atoms with E-state index in [4.69, 9.17) is 5.73 Å². The van der Waals surface area contributed by atoms with Crippen molar-refractivity contribution in [2.45, 2.75) is 13.8 Å². The number of benzene rings is 1. The molecule has 1 heterocycles. The van der Waals surface area contributed by atoms with E-state index in [0.717, 1.165) is 3.57 Å². The number of nitrogens with two attached hydrogens (primary N) is 1. The van der Waals surface area contributed by atoms with Crippen molar-refractivity contribution >= 4 is 61.6 Å². The third-order valence-electron chi connectivity index (χ3n) is 2.59. The Morgan fingerprint density at radius 1 is 1.33 bits per heavy atom. The molecule has 4 N–H and O–H groups in total. The summed E-state index contributed by atoms with van der Waals surface area (Å²) in [7, 11) is 0. The van der Waals surface area contributed by atoms with E-state index in [0.29, 0.717) is 27.1 Å². The molecule has 2 rings (SSSR count). The number of aryl methyl sites for hydroxylation is 1. The number of carbonyl (C=O) groups is 2. The number of thiazole rings is 1. The number of hydrogen-bond acceptors (Lipinski definition) is 5. The van der Waals surface area contributed by atoms with Crippen LogP contribution in [0.5, 0.6) is 0 Å². The molecule has 0 aliphatic carbocycles. The third-order valence-corrected chi connectivity index (χ3v) is 4.16. The highest BCUT2D eigenvalue weighted by Gasteiger charge is 2.15. The van der Waals surface area contributed by atoms with Crippen LogP contribution in [0.3, 0.4) is 0 Å². The number of hydrogen-bond donors (Lipinski definition) is 3. The summed E-state index contributed by atoms with van der Waals surface area (Å²) >= 11 is 3.32. The summed E-state index contributed by atoms with van der Waals surface area (Å²) < 4.78 is 0.919. The minimum Gasteiger partial charge on any atom is -0.389 e. The number of nitrogen functional groups attached to an aromatic ring is 1. The van der Waals surface area contributed by atoms with Gasteiger partial charge in [0, 0.05) is 10.5 Å². The van der Waals surface area contributed by atoms with Crippen molar-refractivity contribution in [3.63, 3.8) is 0 Å². The average molecular weight is 416 g/mol. The van der Waals surface area contributed by atoms with Crippen LogP contribution >= 0.6 is 33.9 Å². The molecular weight excluding hydrogens is 403 g/mol. The lowest BCUT2D eigenvalue weighted by Gasteiger charge is -2.09. The number of nitrogens with one attached hydrogen (secondary N) is 2. The Kier molecular flexibility index (Phi) is 4.78. The minimum absolute atomic E-state index is 0.236. The number of anilines is 3. The van der Waals surface area contributed by atoms with E-state index in [1.165, 1.54) is 18.3 Å². The lowest BCUT2D eigenvalue weighted by molar-refractivity contribution is -0.114. The lowest BCUT2D eigenvalue weighted by atomic mass is 10.1. The fourth-order valence-corrected chi connectivity index (χ4v) is 2.85. The van der Waals surface area contributed by atoms with Crippen LogP contribution in [0.25, 0.3) is 0 Å². The van der Waals surface area contributed by atoms with Crippen LogP contribution in [-0.4, -0.2) is 16.8 Å². The minimum atomic E-state index is -0.344. The van der Waals surface area contributed by atoms with E-state index in [2.05, 4.69) is 38.2 Å². The first kappa shape index (κ1) is 15.7. The summed E-state index contributed by atoms with van der Waals surface area (Å²) in [4.78, 5) is 27.7. The normalized spacial score (nSPS) is 10.2. The van der Waals surface area contributed by atoms with Gasteiger partial charge in [-0.15, -0.1) is 0 Å². The van der Waals surface area contributed by atoms with Gasteiger partial charge in [-0.25, -0.2) is 4.98 Å². The van der Waals surface area contributed by atoms with Gasteiger partial charge in [0.15, 0.2) is 5.13 Å². The molecule has 0 spiro atoms. The standard InChI is InChI=1S/C13H13IN4O2S/c1-6-11(15)21-13(16-6)18-12(20)9-4-3-8(14)5-10(9)17-7(2)19/h3-5H,15H2,1-2H3,(H,17,19)(H,16,18,20). The maximum Gasteiger partial charge on any atom is 0.259 e. The van der Waals surface area contributed by atoms with Gasteiger partial charge in [-0.1, -0.05) is 11.3 Å². The first-order valence-corrected chi connectivity index (χ1v) is 7.87. The topological polar surface area (TPSA) is 97.1 Å². The van der Waals surface area contributed by atoms with E-state index in [1.54, 1.807) is 25.1 Å². The number of nitrogens with zero attached hydrogens (tertiary/aromatic N) is 1. The number of aromatic nitrogens is 1. The van der Waals surface area contributed by atoms with Gasteiger partial charge in [-0.3, -0.25) is 14.9 Å². The average Bonchev–Trinajstić information content (AvgIpc) is 2.67. The van der Waals surface area contributed by atoms with Crippen molar-refractivity contribution in [1.82, 2.24) is 4.98 Å². The molecule has 1 aromatic heterocycles. The summed E-state index contributed by atoms with van der Waals surface area (Å²) in [6, 6.07) is 5.19. The Morgan fingerprint density at radius 3 is 2.62 bits per heavy atom. The molecule has 0 saturated heterocycles. The van der Waals surface area contributed by atoms with Gasteiger partial charge in [0.2, 0.25) is 5.91 Å². The van der Waals surface area contributed by atoms with Crippen molar-refractivity contribution in [2.24, 2.45) is 0 Å². The monoisotopic (exact) mass is 416 g/mol. The van der Waals surface area contributed by atoms with Crippen molar-refractivity contribution < 1.29 is 9.59 Å². The fourth-order valence-electron chi connectivity index (χ4n) is 1.63. The molecule has 0 fully saturated rings. The third kappa shape index (κ3) is 3.91. The number of halogens is 1. The van der Waals surface area contributed by atoms with Crippen LogP contribution < -0.4 is 16.4 Å². The molecule has 21 heavy (non-hydrogen) atoms. The quantitative estimate of drug-likeness (QED) is 0.671. The molecule has 1 aromatic carbocycles. The molecule has 0 radical (unpaired) electrons. The molecule has 0 bridgehead atoms. The van der Waals surface area contributed by atoms with E-state index in [-0.39, 0.29) is 11.8 Å². The Hall–Kier alpha value is -1.68. The molecule has 0 aliphatic heterocycles. The number of rotatable bonds is 3. The molecule has 0 atom stereocenters. The molecule has 110 valence electrons. The lowest BCUT2D eigenvalue weighted by Crippen LogP contribution is -2.16. The van der Waals surface area contributed by atoms with E-state index < -0.39 is 0 Å². The highest BCUT2D eigenvalue weighted by Crippen LogP contribution is 2.26. The summed E-state index contributed by atoms with van der Waals surface area (Å²) in [5, 5.41) is 6.34. The summed E-state index contributed by atoms with van der Waals surface area (Å²) in [5.74, 6) is -0.579. The van der Waals surface area contributed by atoms with Crippen LogP contribution in [0.1, 0.15) is 23.0 Å². The fraction of sp³-hybridized carbons (Fsp3) is 0.154. The van der Waals surface area contributed by atoms with Crippen molar-refractivity contribution in [2.75, 3.05) is 16.4 Å². The Bertz CT molecular complexity index is 695. The van der Waals surface area contributed by atoms with Gasteiger partial charge in [-0.05, 0) is 47.7 Å². The van der Waals surface area contributed by atoms with Gasteiger partial charge >= 0.3 is 0 Å². The zero-order chi connectivity index (χ0) is 15.6. The van der Waals surface area contributed by atoms with Crippen LogP contribution in [-0.2, 0) is 4.79 Å². The smallest absolute Gasteiger partial charge is 0.259 e. The Labute approximate surface area is 139 Å². The van der Waals surface area contributed by atoms with Crippen LogP contribution in [0, 0.1) is 10.5 Å².